The van der Waals surface area contributed by atoms with Gasteiger partial charge in [0.05, 0.1) is 0 Å². The molecule has 4 N–H and O–H groups in total. The molecule has 12 heavy (non-hydrogen) atoms. The van der Waals surface area contributed by atoms with Gasteiger partial charge in [-0.05, 0) is 0 Å². The fourth-order valence-electron chi connectivity index (χ4n) is 1.03. The minimum Gasteiger partial charge on any atom is -0.387 e. The van der Waals surface area contributed by atoms with Crippen molar-refractivity contribution in [2.24, 2.45) is 0 Å². The highest BCUT2D eigenvalue weighted by atomic mass is 16.7. The first kappa shape index (κ1) is 9.85. The molecule has 0 aromatic heterocycles. The second kappa shape index (κ2) is 3.65. The van der Waals surface area contributed by atoms with Crippen LogP contribution < -0.4 is 0 Å². The van der Waals surface area contributed by atoms with Gasteiger partial charge in [-0.2, -0.15) is 0 Å². The topological polar surface area (TPSA) is 99.4 Å². The Kier molecular flexibility index (Phi) is 2.99. The van der Waals surface area contributed by atoms with E-state index in [-0.39, 0.29) is 0 Å². The zero-order chi connectivity index (χ0) is 9.30. The molecular weight excluding hydrogens is 168 g/mol. The number of ether oxygens (including phenoxy) is 2. The van der Waals surface area contributed by atoms with Crippen LogP contribution in [0.2, 0.25) is 0 Å². The summed E-state index contributed by atoms with van der Waals surface area (Å²) >= 11 is 0. The van der Waals surface area contributed by atoms with Crippen LogP contribution in [-0.4, -0.2) is 58.4 Å². The van der Waals surface area contributed by atoms with Crippen LogP contribution in [0.3, 0.4) is 0 Å². The third-order valence-electron chi connectivity index (χ3n) is 1.78. The second-order valence-corrected chi connectivity index (χ2v) is 2.60. The monoisotopic (exact) mass is 180 g/mol. The molecule has 0 saturated carbocycles. The van der Waals surface area contributed by atoms with Gasteiger partial charge in [-0.1, -0.05) is 0 Å². The molecule has 1 heterocycles. The Hall–Kier alpha value is -0.240. The van der Waals surface area contributed by atoms with Crippen LogP contribution in [0, 0.1) is 0 Å². The summed E-state index contributed by atoms with van der Waals surface area (Å²) in [5.41, 5.74) is 0. The summed E-state index contributed by atoms with van der Waals surface area (Å²) in [5, 5.41) is 36.2. The van der Waals surface area contributed by atoms with Crippen LogP contribution in [0.25, 0.3) is 0 Å². The fourth-order valence-corrected chi connectivity index (χ4v) is 1.03. The number of hydrogen-bond donors (Lipinski definition) is 4. The Morgan fingerprint density at radius 3 is 2.08 bits per heavy atom. The van der Waals surface area contributed by atoms with Crippen molar-refractivity contribution in [3.05, 3.63) is 0 Å². The predicted molar refractivity (Wildman–Crippen MR) is 35.9 cm³/mol. The molecule has 1 aliphatic heterocycles. The summed E-state index contributed by atoms with van der Waals surface area (Å²) in [6.45, 7) is 0. The lowest BCUT2D eigenvalue weighted by molar-refractivity contribution is -0.334. The van der Waals surface area contributed by atoms with E-state index in [0.717, 1.165) is 0 Å². The molecule has 4 unspecified atom stereocenters. The largest absolute Gasteiger partial charge is 0.387 e. The van der Waals surface area contributed by atoms with Gasteiger partial charge in [0.2, 0.25) is 0 Å². The van der Waals surface area contributed by atoms with Crippen molar-refractivity contribution in [1.29, 1.82) is 0 Å². The van der Waals surface area contributed by atoms with Gasteiger partial charge < -0.3 is 29.9 Å². The van der Waals surface area contributed by atoms with Gasteiger partial charge in [-0.15, -0.1) is 0 Å². The Balaban J connectivity index is 2.63. The highest BCUT2D eigenvalue weighted by Gasteiger charge is 2.43. The van der Waals surface area contributed by atoms with Crippen molar-refractivity contribution in [1.82, 2.24) is 0 Å². The van der Waals surface area contributed by atoms with Gasteiger partial charge in [0.15, 0.2) is 12.6 Å². The lowest BCUT2D eigenvalue weighted by Crippen LogP contribution is -2.57. The summed E-state index contributed by atoms with van der Waals surface area (Å²) in [6.07, 6.45) is -6.97. The number of aliphatic hydroxyl groups is 4. The molecule has 5 atom stereocenters. The molecule has 1 rings (SSSR count). The minimum absolute atomic E-state index is 1.11. The maximum atomic E-state index is 9.15. The average molecular weight is 180 g/mol. The van der Waals surface area contributed by atoms with Crippen LogP contribution in [-0.2, 0) is 9.47 Å². The number of aliphatic hydroxyl groups excluding tert-OH is 4. The molecule has 0 amide bonds. The molecule has 0 spiro atoms. The van der Waals surface area contributed by atoms with Crippen molar-refractivity contribution < 1.29 is 29.9 Å². The summed E-state index contributed by atoms with van der Waals surface area (Å²) in [4.78, 5) is 0. The van der Waals surface area contributed by atoms with Crippen molar-refractivity contribution in [2.45, 2.75) is 30.9 Å². The molecular formula is C6H12O6. The molecule has 6 heteroatoms. The van der Waals surface area contributed by atoms with Crippen LogP contribution in [0.1, 0.15) is 0 Å². The van der Waals surface area contributed by atoms with Crippen molar-refractivity contribution >= 4 is 0 Å². The van der Waals surface area contributed by atoms with Gasteiger partial charge in [0, 0.05) is 7.11 Å². The quantitative estimate of drug-likeness (QED) is 0.353. The smallest absolute Gasteiger partial charge is 0.188 e. The predicted octanol–water partition coefficient (Wildman–Crippen LogP) is -2.61. The first-order chi connectivity index (χ1) is 5.57. The molecule has 1 saturated heterocycles. The first-order valence-corrected chi connectivity index (χ1v) is 3.48. The van der Waals surface area contributed by atoms with Gasteiger partial charge in [0.25, 0.3) is 0 Å². The Labute approximate surface area is 69.0 Å². The average Bonchev–Trinajstić information content (AvgIpc) is 2.08. The third-order valence-corrected chi connectivity index (χ3v) is 1.78. The highest BCUT2D eigenvalue weighted by Crippen LogP contribution is 2.19. The fraction of sp³-hybridized carbons (Fsp3) is 1.00. The van der Waals surface area contributed by atoms with E-state index in [2.05, 4.69) is 9.47 Å². The van der Waals surface area contributed by atoms with Crippen LogP contribution >= 0.6 is 0 Å². The summed E-state index contributed by atoms with van der Waals surface area (Å²) in [6, 6.07) is 0. The lowest BCUT2D eigenvalue weighted by Gasteiger charge is -2.37. The van der Waals surface area contributed by atoms with Gasteiger partial charge >= 0.3 is 0 Å². The second-order valence-electron chi connectivity index (χ2n) is 2.60. The zero-order valence-electron chi connectivity index (χ0n) is 6.49. The van der Waals surface area contributed by atoms with E-state index in [4.69, 9.17) is 20.4 Å². The van der Waals surface area contributed by atoms with E-state index in [1.54, 1.807) is 0 Å². The van der Waals surface area contributed by atoms with E-state index < -0.39 is 30.9 Å². The van der Waals surface area contributed by atoms with Crippen molar-refractivity contribution in [3.63, 3.8) is 0 Å². The first-order valence-electron chi connectivity index (χ1n) is 3.48. The van der Waals surface area contributed by atoms with E-state index in [1.165, 1.54) is 7.11 Å². The summed E-state index contributed by atoms with van der Waals surface area (Å²) in [7, 11) is 1.25. The maximum Gasteiger partial charge on any atom is 0.188 e. The van der Waals surface area contributed by atoms with E-state index in [9.17, 15) is 0 Å². The molecule has 0 radical (unpaired) electrons. The lowest BCUT2D eigenvalue weighted by atomic mass is 10.0. The Morgan fingerprint density at radius 2 is 1.58 bits per heavy atom. The van der Waals surface area contributed by atoms with E-state index in [0.29, 0.717) is 0 Å². The summed E-state index contributed by atoms with van der Waals surface area (Å²) < 4.78 is 9.19. The zero-order valence-corrected chi connectivity index (χ0v) is 6.49. The van der Waals surface area contributed by atoms with Crippen molar-refractivity contribution in [3.8, 4) is 0 Å². The molecule has 1 fully saturated rings. The molecule has 6 nitrogen and oxygen atoms in total. The molecule has 1 aliphatic rings. The number of hydrogen-bond acceptors (Lipinski definition) is 6. The SMILES string of the molecule is CO[C@H]1OC(O)C(O)C(O)C1O. The standard InChI is InChI=1S/C6H12O6/c1-11-6-4(9)2(7)3(8)5(10)12-6/h2-10H,1H3/t2?,3?,4?,5?,6-/m0/s1. The third kappa shape index (κ3) is 1.58. The summed E-state index contributed by atoms with van der Waals surface area (Å²) in [5.74, 6) is 0. The van der Waals surface area contributed by atoms with Crippen LogP contribution in [0.5, 0.6) is 0 Å². The van der Waals surface area contributed by atoms with E-state index >= 15 is 0 Å². The van der Waals surface area contributed by atoms with Gasteiger partial charge in [-0.25, -0.2) is 0 Å². The van der Waals surface area contributed by atoms with Crippen molar-refractivity contribution in [2.75, 3.05) is 7.11 Å². The van der Waals surface area contributed by atoms with Gasteiger partial charge in [0.1, 0.15) is 18.3 Å². The molecule has 0 bridgehead atoms. The highest BCUT2D eigenvalue weighted by molar-refractivity contribution is 4.84. The minimum atomic E-state index is -1.53. The van der Waals surface area contributed by atoms with Crippen LogP contribution in [0.4, 0.5) is 0 Å². The molecule has 72 valence electrons. The number of rotatable bonds is 1. The Morgan fingerprint density at radius 1 is 1.00 bits per heavy atom. The molecule has 0 aliphatic carbocycles. The van der Waals surface area contributed by atoms with Crippen LogP contribution in [0.15, 0.2) is 0 Å². The van der Waals surface area contributed by atoms with Gasteiger partial charge in [-0.3, -0.25) is 0 Å². The normalized spacial score (nSPS) is 49.2. The Bertz CT molecular complexity index is 146. The molecule has 0 aromatic rings. The van der Waals surface area contributed by atoms with E-state index in [1.807, 2.05) is 0 Å². The maximum absolute atomic E-state index is 9.15. The number of methoxy groups -OCH3 is 1. The molecule has 0 aromatic carbocycles.